The second kappa shape index (κ2) is 6.87. The van der Waals surface area contributed by atoms with Crippen LogP contribution in [0.3, 0.4) is 0 Å². The number of hydrogen-bond acceptors (Lipinski definition) is 5. The number of likely N-dealkylation sites (tertiary alicyclic amines) is 1. The number of rotatable bonds is 4. The van der Waals surface area contributed by atoms with Crippen LogP contribution in [0.5, 0.6) is 0 Å². The first-order valence-corrected chi connectivity index (χ1v) is 6.83. The summed E-state index contributed by atoms with van der Waals surface area (Å²) in [6.45, 7) is 4.25. The van der Waals surface area contributed by atoms with Crippen LogP contribution in [0.25, 0.3) is 0 Å². The number of carboxylic acids is 1. The molecule has 20 heavy (non-hydrogen) atoms. The number of morpholine rings is 1. The lowest BCUT2D eigenvalue weighted by atomic mass is 10.2. The van der Waals surface area contributed by atoms with E-state index in [4.69, 9.17) is 14.9 Å². The molecule has 0 aromatic rings. The highest BCUT2D eigenvalue weighted by Crippen LogP contribution is 2.16. The summed E-state index contributed by atoms with van der Waals surface area (Å²) in [5.74, 6) is -1.34. The van der Waals surface area contributed by atoms with Crippen molar-refractivity contribution in [1.29, 1.82) is 0 Å². The third-order valence-corrected chi connectivity index (χ3v) is 3.74. The number of hydrogen-bond donors (Lipinski definition) is 3. The minimum atomic E-state index is -1.56. The van der Waals surface area contributed by atoms with E-state index in [0.717, 1.165) is 32.7 Å². The largest absolute Gasteiger partial charge is 0.479 e. The van der Waals surface area contributed by atoms with E-state index >= 15 is 0 Å². The summed E-state index contributed by atoms with van der Waals surface area (Å²) < 4.78 is 5.30. The van der Waals surface area contributed by atoms with Gasteiger partial charge in [-0.3, -0.25) is 4.90 Å². The van der Waals surface area contributed by atoms with Crippen molar-refractivity contribution in [3.8, 4) is 0 Å². The molecule has 0 aliphatic carbocycles. The molecule has 114 valence electrons. The number of aliphatic carboxylic acids is 1. The molecule has 0 aromatic carbocycles. The van der Waals surface area contributed by atoms with Gasteiger partial charge in [0.05, 0.1) is 19.8 Å². The monoisotopic (exact) mass is 287 g/mol. The molecular formula is C12H21N3O5. The summed E-state index contributed by atoms with van der Waals surface area (Å²) in [5.41, 5.74) is 0. The van der Waals surface area contributed by atoms with E-state index in [1.54, 1.807) is 4.90 Å². The molecule has 3 N–H and O–H groups in total. The van der Waals surface area contributed by atoms with Crippen molar-refractivity contribution < 1.29 is 24.5 Å². The summed E-state index contributed by atoms with van der Waals surface area (Å²) in [6.07, 6.45) is -0.647. The maximum atomic E-state index is 11.9. The van der Waals surface area contributed by atoms with Crippen LogP contribution in [0.4, 0.5) is 4.79 Å². The Kier molecular flexibility index (Phi) is 5.16. The molecule has 0 radical (unpaired) electrons. The Morgan fingerprint density at radius 2 is 2.00 bits per heavy atom. The van der Waals surface area contributed by atoms with Crippen molar-refractivity contribution in [2.45, 2.75) is 18.6 Å². The number of aliphatic hydroxyl groups is 1. The molecule has 2 saturated heterocycles. The van der Waals surface area contributed by atoms with Crippen molar-refractivity contribution >= 4 is 12.0 Å². The predicted octanol–water partition coefficient (Wildman–Crippen LogP) is -1.45. The molecule has 2 rings (SSSR count). The third-order valence-electron chi connectivity index (χ3n) is 3.74. The SMILES string of the molecule is O=C(O)[C@@H](O)CNC(=O)N1CCC(N2CCOCC2)C1. The molecule has 1 unspecified atom stereocenters. The molecule has 0 aromatic heterocycles. The zero-order chi connectivity index (χ0) is 14.5. The number of amides is 2. The number of urea groups is 1. The van der Waals surface area contributed by atoms with Gasteiger partial charge in [0.15, 0.2) is 6.10 Å². The van der Waals surface area contributed by atoms with Crippen molar-refractivity contribution in [3.05, 3.63) is 0 Å². The number of ether oxygens (including phenoxy) is 1. The smallest absolute Gasteiger partial charge is 0.334 e. The second-order valence-corrected chi connectivity index (χ2v) is 5.08. The number of carboxylic acid groups (broad SMARTS) is 1. The van der Waals surface area contributed by atoms with E-state index in [9.17, 15) is 9.59 Å². The molecule has 8 heteroatoms. The number of carbonyl (C=O) groups is 2. The van der Waals surface area contributed by atoms with Gasteiger partial charge in [0.2, 0.25) is 0 Å². The minimum absolute atomic E-state index is 0.271. The average molecular weight is 287 g/mol. The Hall–Kier alpha value is -1.38. The Balaban J connectivity index is 1.74. The van der Waals surface area contributed by atoms with E-state index in [2.05, 4.69) is 10.2 Å². The van der Waals surface area contributed by atoms with Gasteiger partial charge < -0.3 is 25.2 Å². The fourth-order valence-corrected chi connectivity index (χ4v) is 2.55. The van der Waals surface area contributed by atoms with Crippen LogP contribution in [0.2, 0.25) is 0 Å². The number of carbonyl (C=O) groups excluding carboxylic acids is 1. The Morgan fingerprint density at radius 1 is 1.30 bits per heavy atom. The van der Waals surface area contributed by atoms with E-state index < -0.39 is 12.1 Å². The highest BCUT2D eigenvalue weighted by atomic mass is 16.5. The number of nitrogens with zero attached hydrogens (tertiary/aromatic N) is 2. The molecule has 2 fully saturated rings. The normalized spacial score (nSPS) is 25.4. The summed E-state index contributed by atoms with van der Waals surface area (Å²) in [4.78, 5) is 26.3. The van der Waals surface area contributed by atoms with Crippen molar-refractivity contribution in [2.75, 3.05) is 45.9 Å². The van der Waals surface area contributed by atoms with Gasteiger partial charge >= 0.3 is 12.0 Å². The van der Waals surface area contributed by atoms with Gasteiger partial charge in [-0.25, -0.2) is 9.59 Å². The molecule has 8 nitrogen and oxygen atoms in total. The van der Waals surface area contributed by atoms with Crippen LogP contribution < -0.4 is 5.32 Å². The maximum Gasteiger partial charge on any atom is 0.334 e. The molecule has 2 amide bonds. The van der Waals surface area contributed by atoms with Gasteiger partial charge in [0, 0.05) is 32.2 Å². The lowest BCUT2D eigenvalue weighted by Crippen LogP contribution is -2.47. The van der Waals surface area contributed by atoms with Crippen LogP contribution in [-0.4, -0.2) is 90.1 Å². The molecule has 2 aliphatic heterocycles. The maximum absolute atomic E-state index is 11.9. The number of aliphatic hydroxyl groups excluding tert-OH is 1. The zero-order valence-electron chi connectivity index (χ0n) is 11.3. The first kappa shape index (κ1) is 15.0. The average Bonchev–Trinajstić information content (AvgIpc) is 2.95. The summed E-state index contributed by atoms with van der Waals surface area (Å²) in [7, 11) is 0. The van der Waals surface area contributed by atoms with E-state index in [-0.39, 0.29) is 12.6 Å². The molecule has 0 bridgehead atoms. The minimum Gasteiger partial charge on any atom is -0.479 e. The first-order chi connectivity index (χ1) is 9.58. The van der Waals surface area contributed by atoms with Gasteiger partial charge in [-0.05, 0) is 6.42 Å². The van der Waals surface area contributed by atoms with E-state index in [0.29, 0.717) is 19.1 Å². The van der Waals surface area contributed by atoms with Crippen molar-refractivity contribution in [3.63, 3.8) is 0 Å². The first-order valence-electron chi connectivity index (χ1n) is 6.83. The van der Waals surface area contributed by atoms with Crippen LogP contribution in [0.1, 0.15) is 6.42 Å². The number of nitrogens with one attached hydrogen (secondary N) is 1. The van der Waals surface area contributed by atoms with Gasteiger partial charge in [-0.1, -0.05) is 0 Å². The van der Waals surface area contributed by atoms with Gasteiger partial charge in [0.1, 0.15) is 0 Å². The van der Waals surface area contributed by atoms with Crippen molar-refractivity contribution in [1.82, 2.24) is 15.1 Å². The van der Waals surface area contributed by atoms with Crippen LogP contribution in [0.15, 0.2) is 0 Å². The molecular weight excluding hydrogens is 266 g/mol. The summed E-state index contributed by atoms with van der Waals surface area (Å²) in [6, 6.07) is 0.0232. The fourth-order valence-electron chi connectivity index (χ4n) is 2.55. The lowest BCUT2D eigenvalue weighted by Gasteiger charge is -2.32. The predicted molar refractivity (Wildman–Crippen MR) is 69.4 cm³/mol. The quantitative estimate of drug-likeness (QED) is 0.584. The molecule has 2 atom stereocenters. The molecule has 0 spiro atoms. The zero-order valence-corrected chi connectivity index (χ0v) is 11.3. The van der Waals surface area contributed by atoms with Crippen LogP contribution in [-0.2, 0) is 9.53 Å². The summed E-state index contributed by atoms with van der Waals surface area (Å²) >= 11 is 0. The van der Waals surface area contributed by atoms with Gasteiger partial charge in [0.25, 0.3) is 0 Å². The molecule has 0 saturated carbocycles. The Bertz CT molecular complexity index is 359. The van der Waals surface area contributed by atoms with Crippen LogP contribution in [0, 0.1) is 0 Å². The summed E-state index contributed by atoms with van der Waals surface area (Å²) in [5, 5.41) is 20.1. The molecule has 2 aliphatic rings. The second-order valence-electron chi connectivity index (χ2n) is 5.08. The standard InChI is InChI=1S/C12H21N3O5/c16-10(11(17)18)7-13-12(19)15-2-1-9(8-15)14-3-5-20-6-4-14/h9-10,16H,1-8H2,(H,13,19)(H,17,18)/t9?,10-/m0/s1. The topological polar surface area (TPSA) is 102 Å². The Labute approximate surface area is 117 Å². The van der Waals surface area contributed by atoms with Gasteiger partial charge in [-0.15, -0.1) is 0 Å². The highest BCUT2D eigenvalue weighted by Gasteiger charge is 2.31. The molecule has 2 heterocycles. The van der Waals surface area contributed by atoms with E-state index in [1.807, 2.05) is 0 Å². The van der Waals surface area contributed by atoms with Crippen LogP contribution >= 0.6 is 0 Å². The van der Waals surface area contributed by atoms with Gasteiger partial charge in [-0.2, -0.15) is 0 Å². The third kappa shape index (κ3) is 3.81. The highest BCUT2D eigenvalue weighted by molar-refractivity contribution is 5.77. The Morgan fingerprint density at radius 3 is 2.65 bits per heavy atom. The lowest BCUT2D eigenvalue weighted by molar-refractivity contribution is -0.146. The fraction of sp³-hybridized carbons (Fsp3) is 0.833. The van der Waals surface area contributed by atoms with E-state index in [1.165, 1.54) is 0 Å². The van der Waals surface area contributed by atoms with Crippen molar-refractivity contribution in [2.24, 2.45) is 0 Å².